The summed E-state index contributed by atoms with van der Waals surface area (Å²) in [5, 5.41) is 16.0. The number of thioether (sulfide) groups is 1. The van der Waals surface area contributed by atoms with E-state index < -0.39 is 0 Å². The Morgan fingerprint density at radius 2 is 2.21 bits per heavy atom. The number of nitrogens with zero attached hydrogens (tertiary/aromatic N) is 3. The molecule has 0 spiro atoms. The van der Waals surface area contributed by atoms with Crippen molar-refractivity contribution in [3.05, 3.63) is 65.7 Å². The lowest BCUT2D eigenvalue weighted by Gasteiger charge is -2.10. The molecule has 0 saturated carbocycles. The van der Waals surface area contributed by atoms with E-state index in [0.717, 1.165) is 11.5 Å². The van der Waals surface area contributed by atoms with E-state index in [1.165, 1.54) is 11.8 Å². The molecule has 0 unspecified atom stereocenters. The van der Waals surface area contributed by atoms with Crippen molar-refractivity contribution in [3.63, 3.8) is 0 Å². The monoisotopic (exact) mass is 408 g/mol. The van der Waals surface area contributed by atoms with Gasteiger partial charge in [-0.3, -0.25) is 4.79 Å². The fraction of sp³-hybridized carbons (Fsp3) is 0.238. The van der Waals surface area contributed by atoms with Crippen molar-refractivity contribution in [2.24, 2.45) is 0 Å². The van der Waals surface area contributed by atoms with Crippen molar-refractivity contribution in [2.45, 2.75) is 30.5 Å². The van der Waals surface area contributed by atoms with Gasteiger partial charge >= 0.3 is 0 Å². The van der Waals surface area contributed by atoms with Crippen LogP contribution in [0.2, 0.25) is 0 Å². The molecule has 29 heavy (non-hydrogen) atoms. The molecule has 2 aromatic heterocycles. The Kier molecular flexibility index (Phi) is 7.25. The number of ether oxygens (including phenoxy) is 1. The number of amides is 1. The van der Waals surface area contributed by atoms with E-state index in [-0.39, 0.29) is 5.91 Å². The van der Waals surface area contributed by atoms with Crippen LogP contribution in [-0.4, -0.2) is 22.7 Å². The number of benzene rings is 1. The molecule has 0 saturated heterocycles. The number of anilines is 1. The van der Waals surface area contributed by atoms with Gasteiger partial charge in [-0.25, -0.2) is 4.98 Å². The molecule has 1 amide bonds. The van der Waals surface area contributed by atoms with Gasteiger partial charge in [-0.2, -0.15) is 5.26 Å². The maximum Gasteiger partial charge on any atom is 0.258 e. The highest BCUT2D eigenvalue weighted by Crippen LogP contribution is 2.25. The summed E-state index contributed by atoms with van der Waals surface area (Å²) in [6.07, 6.45) is 2.77. The van der Waals surface area contributed by atoms with E-state index in [1.807, 2.05) is 19.1 Å². The highest BCUT2D eigenvalue weighted by Gasteiger charge is 2.14. The van der Waals surface area contributed by atoms with Crippen LogP contribution < -0.4 is 10.1 Å². The lowest BCUT2D eigenvalue weighted by Crippen LogP contribution is -2.13. The third-order valence-electron chi connectivity index (χ3n) is 3.84. The summed E-state index contributed by atoms with van der Waals surface area (Å²) < 4.78 is 10.7. The maximum atomic E-state index is 12.8. The van der Waals surface area contributed by atoms with Gasteiger partial charge in [0.15, 0.2) is 0 Å². The van der Waals surface area contributed by atoms with Crippen LogP contribution in [0.15, 0.2) is 58.2 Å². The molecule has 3 rings (SSSR count). The van der Waals surface area contributed by atoms with Crippen LogP contribution in [0.5, 0.6) is 5.75 Å². The number of aromatic nitrogens is 2. The SMILES string of the molecule is Cc1cc(CSc2ncccc2C(=O)Nc2cccc(OCCCC#N)c2)no1. The zero-order valence-corrected chi connectivity index (χ0v) is 16.7. The number of hydrogen-bond donors (Lipinski definition) is 1. The number of carbonyl (C=O) groups is 1. The largest absolute Gasteiger partial charge is 0.493 e. The summed E-state index contributed by atoms with van der Waals surface area (Å²) >= 11 is 1.43. The molecule has 0 bridgehead atoms. The number of aryl methyl sites for hydroxylation is 1. The van der Waals surface area contributed by atoms with Gasteiger partial charge in [0.25, 0.3) is 5.91 Å². The minimum atomic E-state index is -0.251. The summed E-state index contributed by atoms with van der Waals surface area (Å²) in [5.74, 6) is 1.69. The van der Waals surface area contributed by atoms with E-state index >= 15 is 0 Å². The van der Waals surface area contributed by atoms with Crippen LogP contribution in [-0.2, 0) is 5.75 Å². The molecular weight excluding hydrogens is 388 g/mol. The van der Waals surface area contributed by atoms with Crippen molar-refractivity contribution in [1.29, 1.82) is 5.26 Å². The fourth-order valence-electron chi connectivity index (χ4n) is 2.51. The third-order valence-corrected chi connectivity index (χ3v) is 4.88. The Morgan fingerprint density at radius 1 is 1.31 bits per heavy atom. The number of rotatable bonds is 9. The van der Waals surface area contributed by atoms with Gasteiger partial charge in [-0.15, -0.1) is 0 Å². The Balaban J connectivity index is 1.64. The minimum Gasteiger partial charge on any atom is -0.493 e. The molecule has 3 aromatic rings. The normalized spacial score (nSPS) is 10.3. The van der Waals surface area contributed by atoms with Crippen LogP contribution in [0.1, 0.15) is 34.7 Å². The second-order valence-corrected chi connectivity index (χ2v) is 7.13. The molecule has 148 valence electrons. The third kappa shape index (κ3) is 6.09. The predicted octanol–water partition coefficient (Wildman–Crippen LogP) is 4.61. The molecule has 0 radical (unpaired) electrons. The standard InChI is InChI=1S/C21H20N4O3S/c1-15-12-17(25-28-15)14-29-21-19(8-5-10-23-21)20(26)24-16-6-4-7-18(13-16)27-11-3-2-9-22/h4-8,10,12-13H,2-3,11,14H2,1H3,(H,24,26). The quantitative estimate of drug-likeness (QED) is 0.408. The highest BCUT2D eigenvalue weighted by atomic mass is 32.2. The number of hydrogen-bond acceptors (Lipinski definition) is 7. The van der Waals surface area contributed by atoms with Crippen LogP contribution >= 0.6 is 11.8 Å². The van der Waals surface area contributed by atoms with Gasteiger partial charge in [0.05, 0.1) is 23.9 Å². The number of carbonyl (C=O) groups excluding carboxylic acids is 1. The van der Waals surface area contributed by atoms with Crippen LogP contribution in [0.4, 0.5) is 5.69 Å². The topological polar surface area (TPSA) is 101 Å². The first kappa shape index (κ1) is 20.4. The van der Waals surface area contributed by atoms with E-state index in [2.05, 4.69) is 21.5 Å². The van der Waals surface area contributed by atoms with Crippen molar-refractivity contribution in [1.82, 2.24) is 10.1 Å². The lowest BCUT2D eigenvalue weighted by molar-refractivity contribution is 0.102. The second-order valence-electron chi connectivity index (χ2n) is 6.17. The maximum absolute atomic E-state index is 12.8. The average Bonchev–Trinajstić information content (AvgIpc) is 3.15. The van der Waals surface area contributed by atoms with Crippen molar-refractivity contribution < 1.29 is 14.1 Å². The van der Waals surface area contributed by atoms with E-state index in [1.54, 1.807) is 36.5 Å². The van der Waals surface area contributed by atoms with Gasteiger partial charge in [-0.05, 0) is 37.6 Å². The van der Waals surface area contributed by atoms with Crippen LogP contribution in [0, 0.1) is 18.3 Å². The summed E-state index contributed by atoms with van der Waals surface area (Å²) in [7, 11) is 0. The number of pyridine rings is 1. The smallest absolute Gasteiger partial charge is 0.258 e. The van der Waals surface area contributed by atoms with Gasteiger partial charge < -0.3 is 14.6 Å². The first-order chi connectivity index (χ1) is 14.2. The van der Waals surface area contributed by atoms with E-state index in [9.17, 15) is 4.79 Å². The predicted molar refractivity (Wildman–Crippen MR) is 110 cm³/mol. The number of nitrogens with one attached hydrogen (secondary N) is 1. The Labute approximate surface area is 173 Å². The van der Waals surface area contributed by atoms with Crippen LogP contribution in [0.25, 0.3) is 0 Å². The Bertz CT molecular complexity index is 1010. The summed E-state index contributed by atoms with van der Waals surface area (Å²) in [5.41, 5.74) is 1.91. The van der Waals surface area contributed by atoms with Gasteiger partial charge in [0, 0.05) is 36.2 Å². The molecule has 1 aromatic carbocycles. The number of unbranched alkanes of at least 4 members (excludes halogenated alkanes) is 1. The molecule has 0 aliphatic heterocycles. The number of nitriles is 1. The van der Waals surface area contributed by atoms with Crippen molar-refractivity contribution >= 4 is 23.4 Å². The molecule has 0 aliphatic carbocycles. The molecule has 7 nitrogen and oxygen atoms in total. The summed E-state index contributed by atoms with van der Waals surface area (Å²) in [4.78, 5) is 17.1. The lowest BCUT2D eigenvalue weighted by atomic mass is 10.2. The first-order valence-corrected chi connectivity index (χ1v) is 10.1. The highest BCUT2D eigenvalue weighted by molar-refractivity contribution is 7.98. The average molecular weight is 408 g/mol. The van der Waals surface area contributed by atoms with Crippen molar-refractivity contribution in [3.8, 4) is 11.8 Å². The molecular formula is C21H20N4O3S. The zero-order chi connectivity index (χ0) is 20.5. The Morgan fingerprint density at radius 3 is 3.00 bits per heavy atom. The molecule has 0 fully saturated rings. The van der Waals surface area contributed by atoms with Gasteiger partial charge in [0.2, 0.25) is 0 Å². The molecule has 8 heteroatoms. The first-order valence-electron chi connectivity index (χ1n) is 9.07. The zero-order valence-electron chi connectivity index (χ0n) is 15.9. The van der Waals surface area contributed by atoms with Gasteiger partial charge in [0.1, 0.15) is 16.5 Å². The van der Waals surface area contributed by atoms with Gasteiger partial charge in [-0.1, -0.05) is 23.0 Å². The fourth-order valence-corrected chi connectivity index (χ4v) is 3.38. The summed E-state index contributed by atoms with van der Waals surface area (Å²) in [6, 6.07) is 14.6. The second kappa shape index (κ2) is 10.3. The summed E-state index contributed by atoms with van der Waals surface area (Å²) in [6.45, 7) is 2.29. The Hall–Kier alpha value is -3.31. The molecule has 1 N–H and O–H groups in total. The van der Waals surface area contributed by atoms with Crippen LogP contribution in [0.3, 0.4) is 0 Å². The minimum absolute atomic E-state index is 0.251. The molecule has 2 heterocycles. The van der Waals surface area contributed by atoms with E-state index in [0.29, 0.717) is 47.2 Å². The molecule has 0 aliphatic rings. The molecule has 0 atom stereocenters. The van der Waals surface area contributed by atoms with E-state index in [4.69, 9.17) is 14.5 Å². The van der Waals surface area contributed by atoms with Crippen molar-refractivity contribution in [2.75, 3.05) is 11.9 Å².